The van der Waals surface area contributed by atoms with Crippen LogP contribution in [0, 0.1) is 6.92 Å². The van der Waals surface area contributed by atoms with Crippen molar-refractivity contribution in [2.75, 3.05) is 5.73 Å². The fourth-order valence-electron chi connectivity index (χ4n) is 1.51. The molecule has 1 aromatic carbocycles. The van der Waals surface area contributed by atoms with Crippen molar-refractivity contribution in [2.45, 2.75) is 6.92 Å². The molecule has 0 aliphatic rings. The Morgan fingerprint density at radius 2 is 2.00 bits per heavy atom. The van der Waals surface area contributed by atoms with Gasteiger partial charge >= 0.3 is 0 Å². The minimum absolute atomic E-state index is 0.669. The number of nitrogens with two attached hydrogens (primary N) is 1. The molecule has 0 unspecified atom stereocenters. The van der Waals surface area contributed by atoms with E-state index in [-0.39, 0.29) is 0 Å². The van der Waals surface area contributed by atoms with E-state index in [0.29, 0.717) is 5.69 Å². The van der Waals surface area contributed by atoms with Gasteiger partial charge in [-0.2, -0.15) is 0 Å². The van der Waals surface area contributed by atoms with Crippen LogP contribution < -0.4 is 5.73 Å². The minimum Gasteiger partial charge on any atom is -0.397 e. The normalized spacial score (nSPS) is 10.3. The van der Waals surface area contributed by atoms with Gasteiger partial charge in [-0.3, -0.25) is 4.98 Å². The summed E-state index contributed by atoms with van der Waals surface area (Å²) < 4.78 is 0. The Balaban J connectivity index is 2.65. The van der Waals surface area contributed by atoms with Crippen LogP contribution in [0.3, 0.4) is 0 Å². The summed E-state index contributed by atoms with van der Waals surface area (Å²) in [4.78, 5) is 4.27. The highest BCUT2D eigenvalue weighted by atomic mass is 35.5. The van der Waals surface area contributed by atoms with Gasteiger partial charge in [0.25, 0.3) is 0 Å². The average molecular weight is 219 g/mol. The number of benzene rings is 1. The zero-order chi connectivity index (χ0) is 10.8. The minimum atomic E-state index is 0.669. The van der Waals surface area contributed by atoms with Gasteiger partial charge in [-0.05, 0) is 30.7 Å². The second-order valence-corrected chi connectivity index (χ2v) is 3.76. The van der Waals surface area contributed by atoms with E-state index >= 15 is 0 Å². The Hall–Kier alpha value is -1.54. The van der Waals surface area contributed by atoms with Crippen LogP contribution in [0.2, 0.25) is 5.02 Å². The molecule has 76 valence electrons. The number of nitrogens with zero attached hydrogens (tertiary/aromatic N) is 1. The third kappa shape index (κ3) is 1.81. The van der Waals surface area contributed by atoms with Crippen LogP contribution in [0.5, 0.6) is 0 Å². The first-order valence-electron chi connectivity index (χ1n) is 4.66. The number of halogens is 1. The molecule has 0 radical (unpaired) electrons. The van der Waals surface area contributed by atoms with E-state index in [4.69, 9.17) is 17.3 Å². The molecule has 1 heterocycles. The van der Waals surface area contributed by atoms with Crippen molar-refractivity contribution in [3.8, 4) is 11.3 Å². The third-order valence-corrected chi connectivity index (χ3v) is 2.77. The lowest BCUT2D eigenvalue weighted by molar-refractivity contribution is 1.31. The van der Waals surface area contributed by atoms with Crippen molar-refractivity contribution in [1.29, 1.82) is 0 Å². The van der Waals surface area contributed by atoms with Gasteiger partial charge in [0, 0.05) is 16.8 Å². The van der Waals surface area contributed by atoms with E-state index in [1.807, 2.05) is 37.3 Å². The van der Waals surface area contributed by atoms with E-state index in [1.165, 1.54) is 0 Å². The van der Waals surface area contributed by atoms with E-state index in [9.17, 15) is 0 Å². The summed E-state index contributed by atoms with van der Waals surface area (Å²) in [5.41, 5.74) is 9.32. The Bertz CT molecular complexity index is 495. The molecule has 0 aliphatic carbocycles. The highest BCUT2D eigenvalue weighted by Crippen LogP contribution is 2.29. The van der Waals surface area contributed by atoms with Crippen LogP contribution in [0.1, 0.15) is 5.56 Å². The van der Waals surface area contributed by atoms with Crippen LogP contribution in [0.25, 0.3) is 11.3 Å². The molecule has 0 spiro atoms. The Kier molecular flexibility index (Phi) is 2.60. The Labute approximate surface area is 93.7 Å². The summed E-state index contributed by atoms with van der Waals surface area (Å²) in [7, 11) is 0. The van der Waals surface area contributed by atoms with Gasteiger partial charge in [-0.15, -0.1) is 0 Å². The SMILES string of the molecule is Cc1c(Cl)cccc1-c1ncccc1N. The van der Waals surface area contributed by atoms with E-state index in [1.54, 1.807) is 6.20 Å². The zero-order valence-electron chi connectivity index (χ0n) is 8.37. The quantitative estimate of drug-likeness (QED) is 0.798. The van der Waals surface area contributed by atoms with E-state index < -0.39 is 0 Å². The molecular weight excluding hydrogens is 208 g/mol. The summed E-state index contributed by atoms with van der Waals surface area (Å²) in [6.45, 7) is 1.96. The number of rotatable bonds is 1. The molecule has 0 fully saturated rings. The molecule has 0 saturated carbocycles. The molecule has 15 heavy (non-hydrogen) atoms. The molecule has 0 amide bonds. The molecule has 0 saturated heterocycles. The lowest BCUT2D eigenvalue weighted by Gasteiger charge is -2.08. The molecule has 1 aromatic heterocycles. The standard InChI is InChI=1S/C12H11ClN2/c1-8-9(4-2-5-10(8)13)12-11(14)6-3-7-15-12/h2-7H,14H2,1H3. The van der Waals surface area contributed by atoms with Gasteiger partial charge in [-0.1, -0.05) is 23.7 Å². The molecule has 0 atom stereocenters. The highest BCUT2D eigenvalue weighted by Gasteiger charge is 2.08. The maximum absolute atomic E-state index is 6.05. The number of hydrogen-bond acceptors (Lipinski definition) is 2. The molecule has 3 heteroatoms. The summed E-state index contributed by atoms with van der Waals surface area (Å²) in [5, 5.41) is 0.734. The Morgan fingerprint density at radius 1 is 1.20 bits per heavy atom. The number of anilines is 1. The number of hydrogen-bond donors (Lipinski definition) is 1. The maximum atomic E-state index is 6.05. The fourth-order valence-corrected chi connectivity index (χ4v) is 1.68. The summed E-state index contributed by atoms with van der Waals surface area (Å²) in [6.07, 6.45) is 1.73. The van der Waals surface area contributed by atoms with Crippen LogP contribution in [-0.4, -0.2) is 4.98 Å². The van der Waals surface area contributed by atoms with E-state index in [2.05, 4.69) is 4.98 Å². The third-order valence-electron chi connectivity index (χ3n) is 2.36. The zero-order valence-corrected chi connectivity index (χ0v) is 9.12. The first-order chi connectivity index (χ1) is 7.20. The van der Waals surface area contributed by atoms with Gasteiger partial charge < -0.3 is 5.73 Å². The highest BCUT2D eigenvalue weighted by molar-refractivity contribution is 6.31. The smallest absolute Gasteiger partial charge is 0.0934 e. The van der Waals surface area contributed by atoms with Gasteiger partial charge in [-0.25, -0.2) is 0 Å². The average Bonchev–Trinajstić information content (AvgIpc) is 2.23. The van der Waals surface area contributed by atoms with Crippen LogP contribution >= 0.6 is 11.6 Å². The summed E-state index contributed by atoms with van der Waals surface area (Å²) >= 11 is 6.05. The molecule has 0 bridgehead atoms. The molecule has 2 nitrogen and oxygen atoms in total. The molecule has 2 N–H and O–H groups in total. The lowest BCUT2D eigenvalue weighted by atomic mass is 10.0. The predicted octanol–water partition coefficient (Wildman–Crippen LogP) is 3.29. The molecule has 2 rings (SSSR count). The summed E-state index contributed by atoms with van der Waals surface area (Å²) in [6, 6.07) is 9.39. The van der Waals surface area contributed by atoms with Crippen LogP contribution in [0.15, 0.2) is 36.5 Å². The number of pyridine rings is 1. The second-order valence-electron chi connectivity index (χ2n) is 3.35. The molecular formula is C12H11ClN2. The maximum Gasteiger partial charge on any atom is 0.0934 e. The fraction of sp³-hybridized carbons (Fsp3) is 0.0833. The van der Waals surface area contributed by atoms with Crippen molar-refractivity contribution < 1.29 is 0 Å². The lowest BCUT2D eigenvalue weighted by Crippen LogP contribution is -1.94. The predicted molar refractivity (Wildman–Crippen MR) is 63.8 cm³/mol. The van der Waals surface area contributed by atoms with Crippen molar-refractivity contribution in [3.05, 3.63) is 47.1 Å². The van der Waals surface area contributed by atoms with Gasteiger partial charge in [0.2, 0.25) is 0 Å². The second kappa shape index (κ2) is 3.91. The summed E-state index contributed by atoms with van der Waals surface area (Å²) in [5.74, 6) is 0. The van der Waals surface area contributed by atoms with E-state index in [0.717, 1.165) is 21.8 Å². The Morgan fingerprint density at radius 3 is 2.73 bits per heavy atom. The van der Waals surface area contributed by atoms with Crippen molar-refractivity contribution >= 4 is 17.3 Å². The topological polar surface area (TPSA) is 38.9 Å². The number of aromatic nitrogens is 1. The van der Waals surface area contributed by atoms with Crippen molar-refractivity contribution in [1.82, 2.24) is 4.98 Å². The van der Waals surface area contributed by atoms with Crippen molar-refractivity contribution in [2.24, 2.45) is 0 Å². The monoisotopic (exact) mass is 218 g/mol. The van der Waals surface area contributed by atoms with Gasteiger partial charge in [0.1, 0.15) is 0 Å². The molecule has 0 aliphatic heterocycles. The first kappa shape index (κ1) is 9.99. The van der Waals surface area contributed by atoms with Gasteiger partial charge in [0.15, 0.2) is 0 Å². The number of nitrogen functional groups attached to an aromatic ring is 1. The first-order valence-corrected chi connectivity index (χ1v) is 5.04. The van der Waals surface area contributed by atoms with Crippen molar-refractivity contribution in [3.63, 3.8) is 0 Å². The molecule has 2 aromatic rings. The van der Waals surface area contributed by atoms with Crippen LogP contribution in [0.4, 0.5) is 5.69 Å². The van der Waals surface area contributed by atoms with Gasteiger partial charge in [0.05, 0.1) is 11.4 Å². The largest absolute Gasteiger partial charge is 0.397 e. The van der Waals surface area contributed by atoms with Crippen LogP contribution in [-0.2, 0) is 0 Å².